The Bertz CT molecular complexity index is 1210. The molecule has 9 nitrogen and oxygen atoms in total. The normalized spacial score (nSPS) is 17.1. The van der Waals surface area contributed by atoms with Gasteiger partial charge in [-0.2, -0.15) is 0 Å². The topological polar surface area (TPSA) is 125 Å². The highest BCUT2D eigenvalue weighted by molar-refractivity contribution is 7.89. The lowest BCUT2D eigenvalue weighted by atomic mass is 9.89. The summed E-state index contributed by atoms with van der Waals surface area (Å²) < 4.78 is 27.8. The smallest absolute Gasteiger partial charge is 0.318 e. The number of rotatable bonds is 10. The molecule has 2 aliphatic heterocycles. The molecular formula is C28H41N5O4S. The summed E-state index contributed by atoms with van der Waals surface area (Å²) in [5.41, 5.74) is 7.97. The molecular weight excluding hydrogens is 502 g/mol. The molecule has 0 bridgehead atoms. The number of carbonyl (C=O) groups is 2. The van der Waals surface area contributed by atoms with E-state index in [0.29, 0.717) is 37.2 Å². The largest absolute Gasteiger partial charge is 0.351 e. The number of nitrogens with one attached hydrogen (secondary N) is 1. The quantitative estimate of drug-likeness (QED) is 0.346. The fraction of sp³-hybridized carbons (Fsp3) is 0.607. The van der Waals surface area contributed by atoms with E-state index in [0.717, 1.165) is 48.8 Å². The number of nitrogens with two attached hydrogens (primary N) is 1. The molecule has 10 heteroatoms. The number of amidine groups is 1. The van der Waals surface area contributed by atoms with Gasteiger partial charge in [0, 0.05) is 45.1 Å². The molecule has 3 rings (SSSR count). The summed E-state index contributed by atoms with van der Waals surface area (Å²) in [5.74, 6) is 6.91. The number of piperidine rings is 1. The van der Waals surface area contributed by atoms with Crippen molar-refractivity contribution in [2.45, 2.75) is 84.1 Å². The van der Waals surface area contributed by atoms with Gasteiger partial charge in [0.25, 0.3) is 5.91 Å². The number of nitrogens with zero attached hydrogens (tertiary/aromatic N) is 3. The van der Waals surface area contributed by atoms with Crippen molar-refractivity contribution in [2.24, 2.45) is 10.7 Å². The fourth-order valence-electron chi connectivity index (χ4n) is 5.01. The highest BCUT2D eigenvalue weighted by atomic mass is 32.2. The number of hydrogen-bond donors (Lipinski definition) is 2. The highest BCUT2D eigenvalue weighted by Crippen LogP contribution is 2.32. The van der Waals surface area contributed by atoms with Crippen molar-refractivity contribution in [3.8, 4) is 11.8 Å². The molecule has 0 atom stereocenters. The van der Waals surface area contributed by atoms with Crippen LogP contribution in [0.25, 0.3) is 0 Å². The summed E-state index contributed by atoms with van der Waals surface area (Å²) in [7, 11) is -1.90. The maximum atomic E-state index is 13.2. The van der Waals surface area contributed by atoms with Crippen molar-refractivity contribution in [2.75, 3.05) is 30.8 Å². The van der Waals surface area contributed by atoms with Crippen molar-refractivity contribution >= 4 is 33.5 Å². The van der Waals surface area contributed by atoms with E-state index in [9.17, 15) is 18.0 Å². The Morgan fingerprint density at radius 2 is 1.74 bits per heavy atom. The molecule has 208 valence electrons. The van der Waals surface area contributed by atoms with Crippen molar-refractivity contribution in [3.05, 3.63) is 28.8 Å². The van der Waals surface area contributed by atoms with Crippen LogP contribution in [-0.2, 0) is 21.2 Å². The Balaban J connectivity index is 1.55. The lowest BCUT2D eigenvalue weighted by Gasteiger charge is -2.34. The van der Waals surface area contributed by atoms with Crippen LogP contribution in [-0.4, -0.2) is 61.9 Å². The molecule has 0 saturated carbocycles. The lowest BCUT2D eigenvalue weighted by Crippen LogP contribution is -2.50. The minimum Gasteiger partial charge on any atom is -0.351 e. The van der Waals surface area contributed by atoms with Gasteiger partial charge >= 0.3 is 6.03 Å². The zero-order valence-corrected chi connectivity index (χ0v) is 23.9. The first-order valence-electron chi connectivity index (χ1n) is 13.5. The lowest BCUT2D eigenvalue weighted by molar-refractivity contribution is -0.124. The zero-order valence-electron chi connectivity index (χ0n) is 23.1. The maximum Gasteiger partial charge on any atom is 0.318 e. The number of hydrogen-bond acceptors (Lipinski definition) is 5. The Hall–Kier alpha value is -2.90. The number of benzene rings is 1. The van der Waals surface area contributed by atoms with E-state index in [4.69, 9.17) is 10.7 Å². The molecule has 0 unspecified atom stereocenters. The van der Waals surface area contributed by atoms with E-state index in [1.807, 2.05) is 26.0 Å². The number of sulfonamides is 1. The molecule has 0 aliphatic carbocycles. The first kappa shape index (κ1) is 29.7. The minimum absolute atomic E-state index is 0.0211. The number of aliphatic imine (C=N–C) groups is 1. The number of anilines is 1. The molecule has 2 aliphatic rings. The van der Waals surface area contributed by atoms with Crippen LogP contribution in [0.15, 0.2) is 17.1 Å². The Morgan fingerprint density at radius 3 is 2.32 bits per heavy atom. The SMILES string of the molecule is CCCCC#CCCCC1=NC2(CCN(S(=O)(=O)CCc3c(C)cc(N(C)C(N)=O)cc3C)CC2)C(=O)N1. The van der Waals surface area contributed by atoms with E-state index in [1.54, 1.807) is 7.05 Å². The summed E-state index contributed by atoms with van der Waals surface area (Å²) in [5, 5.41) is 2.92. The molecule has 1 saturated heterocycles. The number of amides is 3. The molecule has 1 aromatic carbocycles. The summed E-state index contributed by atoms with van der Waals surface area (Å²) in [6.45, 7) is 6.51. The van der Waals surface area contributed by atoms with Crippen LogP contribution in [0.4, 0.5) is 10.5 Å². The minimum atomic E-state index is -3.51. The number of aryl methyl sites for hydroxylation is 2. The van der Waals surface area contributed by atoms with Crippen molar-refractivity contribution in [1.82, 2.24) is 9.62 Å². The van der Waals surface area contributed by atoms with E-state index in [2.05, 4.69) is 24.1 Å². The number of unbranched alkanes of at least 4 members (excludes halogenated alkanes) is 3. The van der Waals surface area contributed by atoms with E-state index < -0.39 is 21.6 Å². The van der Waals surface area contributed by atoms with Crippen molar-refractivity contribution < 1.29 is 18.0 Å². The van der Waals surface area contributed by atoms with Gasteiger partial charge in [-0.05, 0) is 74.8 Å². The van der Waals surface area contributed by atoms with Crippen LogP contribution in [0.2, 0.25) is 0 Å². The van der Waals surface area contributed by atoms with E-state index >= 15 is 0 Å². The molecule has 1 spiro atoms. The van der Waals surface area contributed by atoms with Crippen LogP contribution >= 0.6 is 0 Å². The number of primary amides is 1. The van der Waals surface area contributed by atoms with Gasteiger partial charge in [-0.25, -0.2) is 17.5 Å². The highest BCUT2D eigenvalue weighted by Gasteiger charge is 2.47. The Kier molecular flexibility index (Phi) is 9.96. The number of carbonyl (C=O) groups excluding carboxylic acids is 2. The maximum absolute atomic E-state index is 13.2. The molecule has 1 fully saturated rings. The van der Waals surface area contributed by atoms with Gasteiger partial charge < -0.3 is 11.1 Å². The third-order valence-electron chi connectivity index (χ3n) is 7.48. The van der Waals surface area contributed by atoms with Gasteiger partial charge in [-0.1, -0.05) is 13.3 Å². The van der Waals surface area contributed by atoms with Crippen LogP contribution in [0, 0.1) is 25.7 Å². The zero-order chi connectivity index (χ0) is 27.9. The molecule has 2 heterocycles. The second-order valence-electron chi connectivity index (χ2n) is 10.3. The van der Waals surface area contributed by atoms with Crippen LogP contribution in [0.5, 0.6) is 0 Å². The molecule has 0 aromatic heterocycles. The molecule has 3 N–H and O–H groups in total. The second-order valence-corrected chi connectivity index (χ2v) is 12.4. The van der Waals surface area contributed by atoms with Gasteiger partial charge in [0.2, 0.25) is 10.0 Å². The van der Waals surface area contributed by atoms with Gasteiger partial charge in [0.1, 0.15) is 11.4 Å². The first-order chi connectivity index (χ1) is 18.0. The second kappa shape index (κ2) is 12.8. The van der Waals surface area contributed by atoms with Gasteiger partial charge in [0.05, 0.1) is 5.75 Å². The number of urea groups is 1. The predicted molar refractivity (Wildman–Crippen MR) is 152 cm³/mol. The average Bonchev–Trinajstić information content (AvgIpc) is 3.16. The van der Waals surface area contributed by atoms with Crippen LogP contribution < -0.4 is 16.0 Å². The third-order valence-corrected chi connectivity index (χ3v) is 9.35. The van der Waals surface area contributed by atoms with Gasteiger partial charge in [-0.3, -0.25) is 14.7 Å². The van der Waals surface area contributed by atoms with Crippen molar-refractivity contribution in [1.29, 1.82) is 0 Å². The summed E-state index contributed by atoms with van der Waals surface area (Å²) in [6.07, 6.45) is 6.61. The summed E-state index contributed by atoms with van der Waals surface area (Å²) in [4.78, 5) is 30.4. The standard InChI is InChI=1S/C28H41N5O4S/c1-5-6-7-8-9-10-11-12-25-30-26(34)28(31-25)14-16-33(17-15-28)38(36,37)18-13-24-21(2)19-23(20-22(24)3)32(4)27(29)35/h19-20H,5-7,10-18H2,1-4H3,(H2,29,35)(H,30,31,34). The first-order valence-corrected chi connectivity index (χ1v) is 15.1. The summed E-state index contributed by atoms with van der Waals surface area (Å²) in [6, 6.07) is 3.14. The van der Waals surface area contributed by atoms with E-state index in [-0.39, 0.29) is 24.7 Å². The van der Waals surface area contributed by atoms with Crippen molar-refractivity contribution in [3.63, 3.8) is 0 Å². The molecule has 1 aromatic rings. The van der Waals surface area contributed by atoms with Crippen LogP contribution in [0.3, 0.4) is 0 Å². The average molecular weight is 544 g/mol. The van der Waals surface area contributed by atoms with Gasteiger partial charge in [0.15, 0.2) is 0 Å². The van der Waals surface area contributed by atoms with E-state index in [1.165, 1.54) is 9.21 Å². The predicted octanol–water partition coefficient (Wildman–Crippen LogP) is 3.42. The molecule has 38 heavy (non-hydrogen) atoms. The molecule has 3 amide bonds. The Morgan fingerprint density at radius 1 is 1.13 bits per heavy atom. The Labute approximate surface area is 227 Å². The molecule has 0 radical (unpaired) electrons. The third kappa shape index (κ3) is 7.14. The monoisotopic (exact) mass is 543 g/mol. The van der Waals surface area contributed by atoms with Gasteiger partial charge in [-0.15, -0.1) is 11.8 Å². The van der Waals surface area contributed by atoms with Crippen LogP contribution in [0.1, 0.15) is 75.0 Å². The summed E-state index contributed by atoms with van der Waals surface area (Å²) >= 11 is 0. The fourth-order valence-corrected chi connectivity index (χ4v) is 6.47.